The highest BCUT2D eigenvalue weighted by Crippen LogP contribution is 2.20. The van der Waals surface area contributed by atoms with Crippen LogP contribution >= 0.6 is 11.3 Å². The van der Waals surface area contributed by atoms with Gasteiger partial charge >= 0.3 is 0 Å². The van der Waals surface area contributed by atoms with E-state index in [2.05, 4.69) is 39.4 Å². The molecule has 0 aromatic carbocycles. The maximum Gasteiger partial charge on any atom is 0.178 e. The second kappa shape index (κ2) is 5.83. The van der Waals surface area contributed by atoms with E-state index in [9.17, 15) is 0 Å². The van der Waals surface area contributed by atoms with Gasteiger partial charge in [-0.1, -0.05) is 6.92 Å². The molecule has 6 heteroatoms. The zero-order valence-corrected chi connectivity index (χ0v) is 12.0. The number of nitrogens with zero attached hydrogens (tertiary/aromatic N) is 4. The van der Waals surface area contributed by atoms with Gasteiger partial charge in [0.2, 0.25) is 0 Å². The highest BCUT2D eigenvalue weighted by Gasteiger charge is 2.06. The molecule has 0 amide bonds. The number of thiophene rings is 1. The Kier molecular flexibility index (Phi) is 3.73. The summed E-state index contributed by atoms with van der Waals surface area (Å²) in [5.74, 6) is 0.761. The molecule has 3 heterocycles. The molecule has 0 spiro atoms. The van der Waals surface area contributed by atoms with Crippen LogP contribution in [0.4, 0.5) is 5.69 Å². The summed E-state index contributed by atoms with van der Waals surface area (Å²) in [5, 5.41) is 7.54. The van der Waals surface area contributed by atoms with Crippen molar-refractivity contribution in [2.75, 3.05) is 5.32 Å². The minimum absolute atomic E-state index is 0.761. The van der Waals surface area contributed by atoms with Crippen molar-refractivity contribution in [3.8, 4) is 5.82 Å². The van der Waals surface area contributed by atoms with E-state index in [1.807, 2.05) is 23.5 Å². The van der Waals surface area contributed by atoms with E-state index in [1.165, 1.54) is 16.1 Å². The molecule has 102 valence electrons. The van der Waals surface area contributed by atoms with Gasteiger partial charge in [-0.3, -0.25) is 0 Å². The van der Waals surface area contributed by atoms with Crippen LogP contribution in [0.15, 0.2) is 43.1 Å². The number of pyridine rings is 1. The van der Waals surface area contributed by atoms with Crippen molar-refractivity contribution < 1.29 is 0 Å². The maximum absolute atomic E-state index is 4.36. The minimum atomic E-state index is 0.761. The Morgan fingerprint density at radius 3 is 2.90 bits per heavy atom. The number of aryl methyl sites for hydroxylation is 1. The average Bonchev–Trinajstić information content (AvgIpc) is 3.17. The van der Waals surface area contributed by atoms with Gasteiger partial charge in [0.25, 0.3) is 0 Å². The van der Waals surface area contributed by atoms with Crippen molar-refractivity contribution >= 4 is 17.0 Å². The van der Waals surface area contributed by atoms with E-state index < -0.39 is 0 Å². The lowest BCUT2D eigenvalue weighted by Crippen LogP contribution is -2.05. The Morgan fingerprint density at radius 1 is 1.25 bits per heavy atom. The fourth-order valence-corrected chi connectivity index (χ4v) is 2.82. The Balaban J connectivity index is 1.77. The lowest BCUT2D eigenvalue weighted by Gasteiger charge is -2.09. The number of nitrogens with one attached hydrogen (secondary N) is 1. The van der Waals surface area contributed by atoms with E-state index in [1.54, 1.807) is 17.2 Å². The van der Waals surface area contributed by atoms with E-state index in [4.69, 9.17) is 0 Å². The summed E-state index contributed by atoms with van der Waals surface area (Å²) in [7, 11) is 0. The lowest BCUT2D eigenvalue weighted by atomic mass is 10.3. The molecule has 3 aromatic rings. The number of hydrogen-bond acceptors (Lipinski definition) is 5. The van der Waals surface area contributed by atoms with Crippen molar-refractivity contribution in [3.05, 3.63) is 52.9 Å². The second-order valence-corrected chi connectivity index (χ2v) is 5.54. The molecule has 0 aliphatic carbocycles. The molecule has 3 rings (SSSR count). The fraction of sp³-hybridized carbons (Fsp3) is 0.214. The van der Waals surface area contributed by atoms with E-state index in [0.29, 0.717) is 0 Å². The van der Waals surface area contributed by atoms with Crippen molar-refractivity contribution in [1.29, 1.82) is 0 Å². The van der Waals surface area contributed by atoms with Gasteiger partial charge in [-0.05, 0) is 30.7 Å². The molecule has 1 N–H and O–H groups in total. The molecular formula is C14H15N5S. The van der Waals surface area contributed by atoms with Crippen LogP contribution in [0.1, 0.15) is 16.7 Å². The van der Waals surface area contributed by atoms with Gasteiger partial charge in [0.15, 0.2) is 5.82 Å². The van der Waals surface area contributed by atoms with Crippen LogP contribution in [0.25, 0.3) is 5.82 Å². The van der Waals surface area contributed by atoms with Crippen molar-refractivity contribution in [2.24, 2.45) is 0 Å². The summed E-state index contributed by atoms with van der Waals surface area (Å²) in [6, 6.07) is 8.26. The summed E-state index contributed by atoms with van der Waals surface area (Å²) >= 11 is 1.84. The highest BCUT2D eigenvalue weighted by atomic mass is 32.1. The maximum atomic E-state index is 4.36. The van der Waals surface area contributed by atoms with Gasteiger partial charge in [-0.15, -0.1) is 11.3 Å². The summed E-state index contributed by atoms with van der Waals surface area (Å²) in [6.07, 6.45) is 5.99. The molecule has 3 aromatic heterocycles. The van der Waals surface area contributed by atoms with Crippen LogP contribution in [-0.4, -0.2) is 19.7 Å². The number of anilines is 1. The van der Waals surface area contributed by atoms with Crippen molar-refractivity contribution in [1.82, 2.24) is 19.7 Å². The molecular weight excluding hydrogens is 270 g/mol. The minimum Gasteiger partial charge on any atom is -0.377 e. The normalized spacial score (nSPS) is 10.7. The largest absolute Gasteiger partial charge is 0.377 e. The third-order valence-corrected chi connectivity index (χ3v) is 4.17. The standard InChI is InChI=1S/C14H15N5S/c1-2-11-5-6-12(20-11)8-17-13-4-3-7-16-14(13)19-10-15-9-18-19/h3-7,9-10,17H,2,8H2,1H3. The van der Waals surface area contributed by atoms with Gasteiger partial charge in [0, 0.05) is 22.5 Å². The topological polar surface area (TPSA) is 55.6 Å². The number of aromatic nitrogens is 4. The van der Waals surface area contributed by atoms with Crippen molar-refractivity contribution in [2.45, 2.75) is 19.9 Å². The molecule has 20 heavy (non-hydrogen) atoms. The van der Waals surface area contributed by atoms with Gasteiger partial charge < -0.3 is 5.32 Å². The van der Waals surface area contributed by atoms with Crippen molar-refractivity contribution in [3.63, 3.8) is 0 Å². The predicted octanol–water partition coefficient (Wildman–Crippen LogP) is 2.90. The third kappa shape index (κ3) is 2.70. The predicted molar refractivity (Wildman–Crippen MR) is 80.2 cm³/mol. The Hall–Kier alpha value is -2.21. The summed E-state index contributed by atoms with van der Waals surface area (Å²) in [5.41, 5.74) is 0.949. The molecule has 0 aliphatic heterocycles. The Bertz CT molecular complexity index is 674. The Morgan fingerprint density at radius 2 is 2.15 bits per heavy atom. The zero-order chi connectivity index (χ0) is 13.8. The first-order valence-electron chi connectivity index (χ1n) is 6.48. The fourth-order valence-electron chi connectivity index (χ4n) is 1.92. The van der Waals surface area contributed by atoms with Gasteiger partial charge in [0.05, 0.1) is 5.69 Å². The molecule has 0 saturated heterocycles. The Labute approximate surface area is 121 Å². The first kappa shape index (κ1) is 12.8. The average molecular weight is 285 g/mol. The summed E-state index contributed by atoms with van der Waals surface area (Å²) in [6.45, 7) is 2.96. The van der Waals surface area contributed by atoms with E-state index in [0.717, 1.165) is 24.5 Å². The quantitative estimate of drug-likeness (QED) is 0.783. The third-order valence-electron chi connectivity index (χ3n) is 2.94. The monoisotopic (exact) mass is 285 g/mol. The van der Waals surface area contributed by atoms with Crippen LogP contribution < -0.4 is 5.32 Å². The van der Waals surface area contributed by atoms with Crippen LogP contribution in [0.5, 0.6) is 0 Å². The summed E-state index contributed by atoms with van der Waals surface area (Å²) < 4.78 is 1.66. The second-order valence-electron chi connectivity index (χ2n) is 4.29. The van der Waals surface area contributed by atoms with Crippen LogP contribution in [0.2, 0.25) is 0 Å². The molecule has 0 aliphatic rings. The molecule has 0 unspecified atom stereocenters. The van der Waals surface area contributed by atoms with E-state index in [-0.39, 0.29) is 0 Å². The molecule has 0 bridgehead atoms. The van der Waals surface area contributed by atoms with Crippen LogP contribution in [0, 0.1) is 0 Å². The lowest BCUT2D eigenvalue weighted by molar-refractivity contribution is 0.845. The van der Waals surface area contributed by atoms with E-state index >= 15 is 0 Å². The highest BCUT2D eigenvalue weighted by molar-refractivity contribution is 7.12. The molecule has 0 saturated carbocycles. The molecule has 0 atom stereocenters. The summed E-state index contributed by atoms with van der Waals surface area (Å²) in [4.78, 5) is 11.0. The smallest absolute Gasteiger partial charge is 0.178 e. The first-order chi connectivity index (χ1) is 9.86. The number of rotatable bonds is 5. The molecule has 0 fully saturated rings. The first-order valence-corrected chi connectivity index (χ1v) is 7.30. The van der Waals surface area contributed by atoms with Crippen LogP contribution in [0.3, 0.4) is 0 Å². The van der Waals surface area contributed by atoms with Gasteiger partial charge in [-0.2, -0.15) is 5.10 Å². The molecule has 0 radical (unpaired) electrons. The number of hydrogen-bond donors (Lipinski definition) is 1. The SMILES string of the molecule is CCc1ccc(CNc2cccnc2-n2cncn2)s1. The van der Waals surface area contributed by atoms with Gasteiger partial charge in [-0.25, -0.2) is 14.6 Å². The zero-order valence-electron chi connectivity index (χ0n) is 11.2. The van der Waals surface area contributed by atoms with Crippen LogP contribution in [-0.2, 0) is 13.0 Å². The molecule has 5 nitrogen and oxygen atoms in total. The van der Waals surface area contributed by atoms with Gasteiger partial charge in [0.1, 0.15) is 12.7 Å².